The van der Waals surface area contributed by atoms with Crippen molar-refractivity contribution < 1.29 is 29.0 Å². The highest BCUT2D eigenvalue weighted by Crippen LogP contribution is 2.44. The van der Waals surface area contributed by atoms with Crippen molar-refractivity contribution >= 4 is 23.7 Å². The van der Waals surface area contributed by atoms with Gasteiger partial charge in [0.25, 0.3) is 0 Å². The molecule has 180 valence electrons. The molecule has 0 saturated heterocycles. The maximum atomic E-state index is 12.5. The van der Waals surface area contributed by atoms with E-state index in [0.29, 0.717) is 11.3 Å². The van der Waals surface area contributed by atoms with Gasteiger partial charge in [-0.1, -0.05) is 60.7 Å². The van der Waals surface area contributed by atoms with Crippen LogP contribution >= 0.6 is 0 Å². The normalized spacial score (nSPS) is 12.8. The van der Waals surface area contributed by atoms with Crippen LogP contribution in [0.2, 0.25) is 0 Å². The minimum absolute atomic E-state index is 0.0241. The Morgan fingerprint density at radius 1 is 0.943 bits per heavy atom. The number of methoxy groups -OCH3 is 1. The Morgan fingerprint density at radius 3 is 2.23 bits per heavy atom. The first kappa shape index (κ1) is 24.0. The maximum Gasteiger partial charge on any atom is 0.411 e. The average molecular weight is 475 g/mol. The Kier molecular flexibility index (Phi) is 7.42. The fourth-order valence-electron chi connectivity index (χ4n) is 4.24. The first-order valence-electron chi connectivity index (χ1n) is 11.2. The SMILES string of the molecule is COC(CNC(=O)Cc1cccc(NC(=O)OCC2c3ccccc3-c3ccccc32)c1)C(=O)O. The van der Waals surface area contributed by atoms with Crippen molar-refractivity contribution in [2.75, 3.05) is 25.6 Å². The summed E-state index contributed by atoms with van der Waals surface area (Å²) in [4.78, 5) is 35.7. The number of ether oxygens (including phenoxy) is 2. The molecule has 0 bridgehead atoms. The minimum atomic E-state index is -1.15. The summed E-state index contributed by atoms with van der Waals surface area (Å²) in [6.45, 7) is 0.0640. The van der Waals surface area contributed by atoms with E-state index in [-0.39, 0.29) is 31.4 Å². The summed E-state index contributed by atoms with van der Waals surface area (Å²) in [6, 6.07) is 23.1. The summed E-state index contributed by atoms with van der Waals surface area (Å²) < 4.78 is 10.4. The monoisotopic (exact) mass is 474 g/mol. The predicted octanol–water partition coefficient (Wildman–Crippen LogP) is 3.81. The summed E-state index contributed by atoms with van der Waals surface area (Å²) in [6.07, 6.45) is -1.67. The van der Waals surface area contributed by atoms with Gasteiger partial charge in [-0.25, -0.2) is 9.59 Å². The van der Waals surface area contributed by atoms with E-state index in [0.717, 1.165) is 22.3 Å². The molecule has 8 heteroatoms. The highest BCUT2D eigenvalue weighted by atomic mass is 16.5. The van der Waals surface area contributed by atoms with Crippen LogP contribution in [0.15, 0.2) is 72.8 Å². The number of carboxylic acid groups (broad SMARTS) is 1. The molecule has 0 fully saturated rings. The molecular weight excluding hydrogens is 448 g/mol. The number of carboxylic acids is 1. The molecule has 0 heterocycles. The van der Waals surface area contributed by atoms with Crippen LogP contribution in [0, 0.1) is 0 Å². The Morgan fingerprint density at radius 2 is 1.60 bits per heavy atom. The number of aliphatic carboxylic acids is 1. The van der Waals surface area contributed by atoms with E-state index in [2.05, 4.69) is 34.9 Å². The van der Waals surface area contributed by atoms with Gasteiger partial charge in [0, 0.05) is 18.7 Å². The molecule has 8 nitrogen and oxygen atoms in total. The molecule has 0 aliphatic heterocycles. The van der Waals surface area contributed by atoms with E-state index in [1.807, 2.05) is 24.3 Å². The standard InChI is InChI=1S/C27H26N2O6/c1-34-24(26(31)32)15-28-25(30)14-17-7-6-8-18(13-17)29-27(33)35-16-23-21-11-4-2-9-19(21)20-10-3-5-12-22(20)23/h2-13,23-24H,14-16H2,1H3,(H,28,30)(H,29,33)(H,31,32). The van der Waals surface area contributed by atoms with Gasteiger partial charge in [0.15, 0.2) is 6.10 Å². The number of anilines is 1. The highest BCUT2D eigenvalue weighted by Gasteiger charge is 2.29. The van der Waals surface area contributed by atoms with Crippen LogP contribution in [-0.4, -0.2) is 49.4 Å². The second-order valence-electron chi connectivity index (χ2n) is 8.19. The van der Waals surface area contributed by atoms with Crippen LogP contribution in [0.25, 0.3) is 11.1 Å². The van der Waals surface area contributed by atoms with Crippen molar-refractivity contribution in [2.24, 2.45) is 0 Å². The molecule has 1 aliphatic carbocycles. The molecule has 3 aromatic carbocycles. The summed E-state index contributed by atoms with van der Waals surface area (Å²) in [5.74, 6) is -1.54. The molecule has 1 unspecified atom stereocenters. The summed E-state index contributed by atoms with van der Waals surface area (Å²) in [7, 11) is 1.27. The van der Waals surface area contributed by atoms with Crippen molar-refractivity contribution in [2.45, 2.75) is 18.4 Å². The summed E-state index contributed by atoms with van der Waals surface area (Å²) in [5, 5.41) is 14.2. The van der Waals surface area contributed by atoms with Gasteiger partial charge in [-0.2, -0.15) is 0 Å². The Balaban J connectivity index is 1.33. The minimum Gasteiger partial charge on any atom is -0.479 e. The van der Waals surface area contributed by atoms with Gasteiger partial charge in [-0.05, 0) is 39.9 Å². The van der Waals surface area contributed by atoms with Gasteiger partial charge in [-0.15, -0.1) is 0 Å². The van der Waals surface area contributed by atoms with Crippen molar-refractivity contribution in [3.8, 4) is 11.1 Å². The molecular formula is C27H26N2O6. The molecule has 4 rings (SSSR count). The number of rotatable bonds is 9. The third-order valence-electron chi connectivity index (χ3n) is 5.93. The molecule has 0 spiro atoms. The van der Waals surface area contributed by atoms with E-state index >= 15 is 0 Å². The quantitative estimate of drug-likeness (QED) is 0.435. The van der Waals surface area contributed by atoms with Crippen molar-refractivity contribution in [1.82, 2.24) is 5.32 Å². The van der Waals surface area contributed by atoms with E-state index < -0.39 is 18.2 Å². The fraction of sp³-hybridized carbons (Fsp3) is 0.222. The average Bonchev–Trinajstić information content (AvgIpc) is 3.17. The van der Waals surface area contributed by atoms with Crippen LogP contribution in [0.4, 0.5) is 10.5 Å². The van der Waals surface area contributed by atoms with Gasteiger partial charge in [0.1, 0.15) is 6.61 Å². The largest absolute Gasteiger partial charge is 0.479 e. The lowest BCUT2D eigenvalue weighted by Gasteiger charge is -2.15. The van der Waals surface area contributed by atoms with Crippen LogP contribution in [0.5, 0.6) is 0 Å². The third-order valence-corrected chi connectivity index (χ3v) is 5.93. The molecule has 3 N–H and O–H groups in total. The lowest BCUT2D eigenvalue weighted by Crippen LogP contribution is -2.38. The maximum absolute atomic E-state index is 12.5. The van der Waals surface area contributed by atoms with Gasteiger partial charge in [0.2, 0.25) is 5.91 Å². The number of hydrogen-bond acceptors (Lipinski definition) is 5. The summed E-state index contributed by atoms with van der Waals surface area (Å²) >= 11 is 0. The fourth-order valence-corrected chi connectivity index (χ4v) is 4.24. The van der Waals surface area contributed by atoms with Gasteiger partial charge >= 0.3 is 12.1 Å². The smallest absolute Gasteiger partial charge is 0.411 e. The Labute approximate surface area is 202 Å². The molecule has 1 aliphatic rings. The summed E-state index contributed by atoms with van der Waals surface area (Å²) in [5.41, 5.74) is 5.73. The van der Waals surface area contributed by atoms with Gasteiger partial charge < -0.3 is 19.9 Å². The molecule has 3 aromatic rings. The van der Waals surface area contributed by atoms with Crippen LogP contribution in [0.1, 0.15) is 22.6 Å². The van der Waals surface area contributed by atoms with E-state index in [4.69, 9.17) is 14.6 Å². The predicted molar refractivity (Wildman–Crippen MR) is 130 cm³/mol. The second-order valence-corrected chi connectivity index (χ2v) is 8.19. The number of nitrogens with one attached hydrogen (secondary N) is 2. The van der Waals surface area contributed by atoms with Gasteiger partial charge in [-0.3, -0.25) is 10.1 Å². The Bertz CT molecular complexity index is 1200. The van der Waals surface area contributed by atoms with Gasteiger partial charge in [0.05, 0.1) is 13.0 Å². The van der Waals surface area contributed by atoms with E-state index in [1.165, 1.54) is 7.11 Å². The molecule has 0 saturated carbocycles. The molecule has 0 aromatic heterocycles. The zero-order chi connectivity index (χ0) is 24.8. The molecule has 35 heavy (non-hydrogen) atoms. The first-order chi connectivity index (χ1) is 17.0. The zero-order valence-corrected chi connectivity index (χ0v) is 19.2. The zero-order valence-electron chi connectivity index (χ0n) is 19.2. The van der Waals surface area contributed by atoms with Crippen molar-refractivity contribution in [3.63, 3.8) is 0 Å². The number of carbonyl (C=O) groups is 3. The van der Waals surface area contributed by atoms with E-state index in [9.17, 15) is 14.4 Å². The van der Waals surface area contributed by atoms with Crippen molar-refractivity contribution in [3.05, 3.63) is 89.5 Å². The highest BCUT2D eigenvalue weighted by molar-refractivity contribution is 5.86. The van der Waals surface area contributed by atoms with Crippen molar-refractivity contribution in [1.29, 1.82) is 0 Å². The lowest BCUT2D eigenvalue weighted by molar-refractivity contribution is -0.148. The second kappa shape index (κ2) is 10.8. The number of carbonyl (C=O) groups excluding carboxylic acids is 2. The topological polar surface area (TPSA) is 114 Å². The lowest BCUT2D eigenvalue weighted by atomic mass is 9.98. The number of benzene rings is 3. The van der Waals surface area contributed by atoms with Crippen LogP contribution < -0.4 is 10.6 Å². The van der Waals surface area contributed by atoms with Crippen LogP contribution in [0.3, 0.4) is 0 Å². The number of amides is 2. The molecule has 2 amide bonds. The Hall–Kier alpha value is -4.17. The molecule has 0 radical (unpaired) electrons. The van der Waals surface area contributed by atoms with Crippen LogP contribution in [-0.2, 0) is 25.5 Å². The third kappa shape index (κ3) is 5.67. The molecule has 1 atom stereocenters. The number of hydrogen-bond donors (Lipinski definition) is 3. The van der Waals surface area contributed by atoms with E-state index in [1.54, 1.807) is 24.3 Å². The number of fused-ring (bicyclic) bond motifs is 3. The first-order valence-corrected chi connectivity index (χ1v) is 11.2.